The molecule has 2 rings (SSSR count). The number of ether oxygens (including phenoxy) is 2. The summed E-state index contributed by atoms with van der Waals surface area (Å²) < 4.78 is 87.6. The first-order valence-corrected chi connectivity index (χ1v) is 6.87. The molecule has 3 atom stereocenters. The second-order valence-corrected chi connectivity index (χ2v) is 6.01. The van der Waals surface area contributed by atoms with Crippen molar-refractivity contribution in [2.75, 3.05) is 13.9 Å². The van der Waals surface area contributed by atoms with Crippen molar-refractivity contribution >= 4 is 0 Å². The molecule has 0 saturated heterocycles. The minimum absolute atomic E-state index is 0.0507. The van der Waals surface area contributed by atoms with Crippen molar-refractivity contribution < 1.29 is 35.8 Å². The molecule has 0 aliphatic heterocycles. The van der Waals surface area contributed by atoms with Crippen LogP contribution in [0.15, 0.2) is 0 Å². The van der Waals surface area contributed by atoms with Crippen molar-refractivity contribution in [3.05, 3.63) is 0 Å². The van der Waals surface area contributed by atoms with Crippen molar-refractivity contribution in [2.24, 2.45) is 17.8 Å². The first kappa shape index (κ1) is 16.9. The molecule has 2 aliphatic rings. The van der Waals surface area contributed by atoms with Crippen LogP contribution in [0.3, 0.4) is 0 Å². The first-order valence-electron chi connectivity index (χ1n) is 6.87. The van der Waals surface area contributed by atoms with Crippen LogP contribution in [-0.4, -0.2) is 31.9 Å². The summed E-state index contributed by atoms with van der Waals surface area (Å²) in [6, 6.07) is 0. The van der Waals surface area contributed by atoms with Gasteiger partial charge in [-0.1, -0.05) is 6.42 Å². The van der Waals surface area contributed by atoms with E-state index in [1.54, 1.807) is 0 Å². The van der Waals surface area contributed by atoms with E-state index in [9.17, 15) is 26.3 Å². The van der Waals surface area contributed by atoms with Crippen LogP contribution >= 0.6 is 0 Å². The van der Waals surface area contributed by atoms with Crippen molar-refractivity contribution in [2.45, 2.75) is 50.1 Å². The molecular formula is C13H18F6O2. The highest BCUT2D eigenvalue weighted by Crippen LogP contribution is 2.56. The lowest BCUT2D eigenvalue weighted by Crippen LogP contribution is -2.60. The Hall–Kier alpha value is -0.500. The molecule has 2 aliphatic carbocycles. The molecule has 0 aromatic rings. The molecule has 8 heteroatoms. The Balaban J connectivity index is 2.25. The van der Waals surface area contributed by atoms with Crippen molar-refractivity contribution in [1.29, 1.82) is 0 Å². The van der Waals surface area contributed by atoms with Crippen LogP contribution in [0.1, 0.15) is 32.1 Å². The maximum absolute atomic E-state index is 13.2. The Morgan fingerprint density at radius 1 is 0.952 bits per heavy atom. The quantitative estimate of drug-likeness (QED) is 0.555. The summed E-state index contributed by atoms with van der Waals surface area (Å²) in [6.45, 7) is -1.04. The van der Waals surface area contributed by atoms with Gasteiger partial charge < -0.3 is 9.47 Å². The predicted molar refractivity (Wildman–Crippen MR) is 61.4 cm³/mol. The largest absolute Gasteiger partial charge is 0.426 e. The number of fused-ring (bicyclic) bond motifs is 2. The molecule has 0 spiro atoms. The standard InChI is InChI=1S/C13H18F6O2/c1-20-7-21-11(12(14,15)16,13(17,18)19)6-10-5-8-2-3-9(10)4-8/h8-10H,2-7H2,1H3. The summed E-state index contributed by atoms with van der Waals surface area (Å²) in [4.78, 5) is 0. The Morgan fingerprint density at radius 2 is 1.57 bits per heavy atom. The Kier molecular flexibility index (Phi) is 4.50. The van der Waals surface area contributed by atoms with Crippen molar-refractivity contribution in [3.8, 4) is 0 Å². The minimum Gasteiger partial charge on any atom is -0.359 e. The van der Waals surface area contributed by atoms with Crippen molar-refractivity contribution in [3.63, 3.8) is 0 Å². The predicted octanol–water partition coefficient (Wildman–Crippen LogP) is 4.30. The second kappa shape index (κ2) is 5.61. The number of hydrogen-bond donors (Lipinski definition) is 0. The van der Waals surface area contributed by atoms with E-state index in [1.807, 2.05) is 0 Å². The molecule has 21 heavy (non-hydrogen) atoms. The number of halogens is 6. The zero-order valence-electron chi connectivity index (χ0n) is 11.6. The van der Waals surface area contributed by atoms with E-state index in [2.05, 4.69) is 9.47 Å². The molecule has 0 aromatic carbocycles. The molecule has 3 unspecified atom stereocenters. The molecule has 0 aromatic heterocycles. The smallest absolute Gasteiger partial charge is 0.359 e. The van der Waals surface area contributed by atoms with Gasteiger partial charge in [0.05, 0.1) is 0 Å². The second-order valence-electron chi connectivity index (χ2n) is 6.01. The number of rotatable bonds is 5. The van der Waals surface area contributed by atoms with Crippen LogP contribution in [-0.2, 0) is 9.47 Å². The molecular weight excluding hydrogens is 302 g/mol. The summed E-state index contributed by atoms with van der Waals surface area (Å²) in [5.41, 5.74) is -4.13. The van der Waals surface area contributed by atoms with Gasteiger partial charge in [-0.15, -0.1) is 0 Å². The minimum atomic E-state index is -5.52. The van der Waals surface area contributed by atoms with E-state index in [0.29, 0.717) is 12.8 Å². The zero-order valence-corrected chi connectivity index (χ0v) is 11.6. The third-order valence-corrected chi connectivity index (χ3v) is 4.77. The van der Waals surface area contributed by atoms with Crippen LogP contribution < -0.4 is 0 Å². The highest BCUT2D eigenvalue weighted by Gasteiger charge is 2.73. The highest BCUT2D eigenvalue weighted by atomic mass is 19.4. The average Bonchev–Trinajstić information content (AvgIpc) is 2.93. The zero-order chi connectivity index (χ0) is 15.9. The monoisotopic (exact) mass is 320 g/mol. The van der Waals surface area contributed by atoms with E-state index in [1.165, 1.54) is 0 Å². The molecule has 0 N–H and O–H groups in total. The number of methoxy groups -OCH3 is 1. The average molecular weight is 320 g/mol. The number of hydrogen-bond acceptors (Lipinski definition) is 2. The van der Waals surface area contributed by atoms with Crippen molar-refractivity contribution in [1.82, 2.24) is 0 Å². The molecule has 0 amide bonds. The lowest BCUT2D eigenvalue weighted by molar-refractivity contribution is -0.397. The maximum atomic E-state index is 13.2. The first-order chi connectivity index (χ1) is 9.61. The fourth-order valence-electron chi connectivity index (χ4n) is 3.77. The van der Waals surface area contributed by atoms with Gasteiger partial charge in [0, 0.05) is 7.11 Å². The SMILES string of the molecule is COCOC(CC1CC2CCC1C2)(C(F)(F)F)C(F)(F)F. The molecule has 2 bridgehead atoms. The van der Waals surface area contributed by atoms with E-state index in [4.69, 9.17) is 0 Å². The van der Waals surface area contributed by atoms with E-state index in [-0.39, 0.29) is 11.8 Å². The molecule has 2 nitrogen and oxygen atoms in total. The van der Waals surface area contributed by atoms with Gasteiger partial charge in [0.25, 0.3) is 5.60 Å². The molecule has 2 saturated carbocycles. The summed E-state index contributed by atoms with van der Waals surface area (Å²) in [7, 11) is 0.995. The number of alkyl halides is 6. The van der Waals surface area contributed by atoms with E-state index in [0.717, 1.165) is 20.0 Å². The molecule has 124 valence electrons. The highest BCUT2D eigenvalue weighted by molar-refractivity contribution is 5.01. The van der Waals surface area contributed by atoms with Gasteiger partial charge in [0.2, 0.25) is 0 Å². The van der Waals surface area contributed by atoms with Gasteiger partial charge in [-0.2, -0.15) is 26.3 Å². The van der Waals surface area contributed by atoms with Gasteiger partial charge in [-0.25, -0.2) is 0 Å². The third kappa shape index (κ3) is 3.02. The van der Waals surface area contributed by atoms with Gasteiger partial charge in [0.1, 0.15) is 6.79 Å². The summed E-state index contributed by atoms with van der Waals surface area (Å²) in [5, 5.41) is 0. The van der Waals surface area contributed by atoms with Gasteiger partial charge in [-0.05, 0) is 43.4 Å². The third-order valence-electron chi connectivity index (χ3n) is 4.77. The normalized spacial score (nSPS) is 30.1. The van der Waals surface area contributed by atoms with Crippen LogP contribution in [0.25, 0.3) is 0 Å². The fourth-order valence-corrected chi connectivity index (χ4v) is 3.77. The van der Waals surface area contributed by atoms with Crippen LogP contribution in [0.5, 0.6) is 0 Å². The topological polar surface area (TPSA) is 18.5 Å². The van der Waals surface area contributed by atoms with Gasteiger partial charge in [-0.3, -0.25) is 0 Å². The van der Waals surface area contributed by atoms with Crippen LogP contribution in [0.2, 0.25) is 0 Å². The summed E-state index contributed by atoms with van der Waals surface area (Å²) in [6.07, 6.45) is -9.33. The summed E-state index contributed by atoms with van der Waals surface area (Å²) >= 11 is 0. The maximum Gasteiger partial charge on any atom is 0.426 e. The lowest BCUT2D eigenvalue weighted by atomic mass is 9.79. The summed E-state index contributed by atoms with van der Waals surface area (Å²) in [5.74, 6) is -0.379. The van der Waals surface area contributed by atoms with Gasteiger partial charge >= 0.3 is 12.4 Å². The Morgan fingerprint density at radius 3 is 1.95 bits per heavy atom. The Bertz CT molecular complexity index is 351. The van der Waals surface area contributed by atoms with E-state index >= 15 is 0 Å². The van der Waals surface area contributed by atoms with Gasteiger partial charge in [0.15, 0.2) is 0 Å². The fraction of sp³-hybridized carbons (Fsp3) is 1.00. The van der Waals surface area contributed by atoms with Crippen LogP contribution in [0.4, 0.5) is 26.3 Å². The van der Waals surface area contributed by atoms with E-state index < -0.39 is 37.1 Å². The Labute approximate surface area is 118 Å². The van der Waals surface area contributed by atoms with Crippen LogP contribution in [0, 0.1) is 17.8 Å². The molecule has 0 radical (unpaired) electrons. The molecule has 0 heterocycles. The lowest BCUT2D eigenvalue weighted by Gasteiger charge is -2.40. The molecule has 2 fully saturated rings.